The molecule has 1 saturated heterocycles. The highest BCUT2D eigenvalue weighted by atomic mass is 127. The zero-order valence-electron chi connectivity index (χ0n) is 17.5. The third-order valence-corrected chi connectivity index (χ3v) is 5.86. The van der Waals surface area contributed by atoms with E-state index in [4.69, 9.17) is 14.2 Å². The molecule has 2 rings (SSSR count). The van der Waals surface area contributed by atoms with Crippen LogP contribution in [0, 0.1) is 3.57 Å². The number of imide groups is 1. The zero-order valence-corrected chi connectivity index (χ0v) is 20.5. The first-order chi connectivity index (χ1) is 14.3. The molecule has 1 aliphatic heterocycles. The second-order valence-corrected chi connectivity index (χ2v) is 8.74. The van der Waals surface area contributed by atoms with Crippen molar-refractivity contribution in [1.82, 2.24) is 4.90 Å². The van der Waals surface area contributed by atoms with Crippen LogP contribution in [0.2, 0.25) is 0 Å². The molecule has 1 fully saturated rings. The number of benzene rings is 1. The minimum absolute atomic E-state index is 0.247. The van der Waals surface area contributed by atoms with E-state index in [1.165, 1.54) is 0 Å². The number of carbonyl (C=O) groups is 3. The molecule has 0 aliphatic carbocycles. The fraction of sp³-hybridized carbons (Fsp3) is 0.476. The Morgan fingerprint density at radius 3 is 2.60 bits per heavy atom. The number of esters is 1. The first kappa shape index (κ1) is 24.5. The molecule has 0 aromatic heterocycles. The highest BCUT2D eigenvalue weighted by Crippen LogP contribution is 2.37. The third-order valence-electron chi connectivity index (χ3n) is 4.15. The van der Waals surface area contributed by atoms with Crippen molar-refractivity contribution in [3.63, 3.8) is 0 Å². The van der Waals surface area contributed by atoms with E-state index >= 15 is 0 Å². The summed E-state index contributed by atoms with van der Waals surface area (Å²) in [6.07, 6.45) is 2.89. The van der Waals surface area contributed by atoms with Crippen LogP contribution in [-0.2, 0) is 14.3 Å². The number of carbonyl (C=O) groups excluding carboxylic acids is 3. The van der Waals surface area contributed by atoms with E-state index in [2.05, 4.69) is 22.6 Å². The molecule has 1 aliphatic rings. The van der Waals surface area contributed by atoms with E-state index in [-0.39, 0.29) is 11.0 Å². The van der Waals surface area contributed by atoms with E-state index in [1.54, 1.807) is 19.1 Å². The maximum atomic E-state index is 12.7. The molecule has 0 radical (unpaired) electrons. The Bertz CT molecular complexity index is 841. The highest BCUT2D eigenvalue weighted by Gasteiger charge is 2.37. The Kier molecular flexibility index (Phi) is 9.47. The number of thioether (sulfide) groups is 1. The van der Waals surface area contributed by atoms with Crippen LogP contribution in [0.1, 0.15) is 46.1 Å². The fourth-order valence-electron chi connectivity index (χ4n) is 2.54. The summed E-state index contributed by atoms with van der Waals surface area (Å²) >= 11 is 2.96. The maximum Gasteiger partial charge on any atom is 0.326 e. The summed E-state index contributed by atoms with van der Waals surface area (Å²) in [4.78, 5) is 38.1. The van der Waals surface area contributed by atoms with Crippen molar-refractivity contribution in [3.8, 4) is 11.5 Å². The van der Waals surface area contributed by atoms with Gasteiger partial charge in [-0.1, -0.05) is 13.8 Å². The second kappa shape index (κ2) is 11.6. The third kappa shape index (κ3) is 6.37. The van der Waals surface area contributed by atoms with Gasteiger partial charge in [-0.15, -0.1) is 0 Å². The first-order valence-electron chi connectivity index (χ1n) is 9.84. The molecule has 1 atom stereocenters. The van der Waals surface area contributed by atoms with Gasteiger partial charge in [0.1, 0.15) is 6.54 Å². The summed E-state index contributed by atoms with van der Waals surface area (Å²) in [7, 11) is 0. The Balaban J connectivity index is 2.23. The Labute approximate surface area is 194 Å². The predicted octanol–water partition coefficient (Wildman–Crippen LogP) is 4.86. The molecule has 164 valence electrons. The van der Waals surface area contributed by atoms with Crippen molar-refractivity contribution < 1.29 is 28.6 Å². The summed E-state index contributed by atoms with van der Waals surface area (Å²) in [5, 5.41) is -0.491. The van der Waals surface area contributed by atoms with Gasteiger partial charge in [-0.3, -0.25) is 19.3 Å². The monoisotopic (exact) mass is 547 g/mol. The Morgan fingerprint density at radius 1 is 1.23 bits per heavy atom. The van der Waals surface area contributed by atoms with Crippen LogP contribution >= 0.6 is 34.4 Å². The van der Waals surface area contributed by atoms with Gasteiger partial charge in [-0.25, -0.2) is 0 Å². The van der Waals surface area contributed by atoms with Gasteiger partial charge in [0.15, 0.2) is 11.5 Å². The van der Waals surface area contributed by atoms with E-state index in [1.807, 2.05) is 26.8 Å². The van der Waals surface area contributed by atoms with Crippen LogP contribution in [0.5, 0.6) is 11.5 Å². The minimum Gasteiger partial charge on any atom is -0.490 e. The predicted molar refractivity (Wildman–Crippen MR) is 125 cm³/mol. The van der Waals surface area contributed by atoms with Crippen LogP contribution in [0.4, 0.5) is 4.79 Å². The number of nitrogens with zero attached hydrogens (tertiary/aromatic N) is 1. The van der Waals surface area contributed by atoms with Crippen molar-refractivity contribution in [2.45, 2.75) is 46.6 Å². The maximum absolute atomic E-state index is 12.7. The molecule has 1 aromatic rings. The lowest BCUT2D eigenvalue weighted by molar-refractivity contribution is -0.150. The van der Waals surface area contributed by atoms with Gasteiger partial charge in [-0.05, 0) is 84.8 Å². The van der Waals surface area contributed by atoms with Crippen molar-refractivity contribution in [2.75, 3.05) is 19.8 Å². The smallest absolute Gasteiger partial charge is 0.326 e. The summed E-state index contributed by atoms with van der Waals surface area (Å²) in [6.45, 7) is 8.20. The van der Waals surface area contributed by atoms with Gasteiger partial charge in [-0.2, -0.15) is 0 Å². The first-order valence-corrected chi connectivity index (χ1v) is 11.7. The van der Waals surface area contributed by atoms with Gasteiger partial charge in [0.2, 0.25) is 0 Å². The SMILES string of the molecule is CCCOc1c(I)cc(/C=C2\SC(=O)N(CC(=O)O[C@H](C)CC)C2=O)cc1OCC. The lowest BCUT2D eigenvalue weighted by Gasteiger charge is -2.15. The standard InChI is InChI=1S/C21H26INO6S/c1-5-8-28-19-15(22)9-14(10-16(19)27-7-3)11-17-20(25)23(21(26)30-17)12-18(24)29-13(4)6-2/h9-11,13H,5-8,12H2,1-4H3/b17-11-/t13-/m1/s1. The van der Waals surface area contributed by atoms with Gasteiger partial charge >= 0.3 is 5.97 Å². The topological polar surface area (TPSA) is 82.1 Å². The Hall–Kier alpha value is -1.75. The lowest BCUT2D eigenvalue weighted by Crippen LogP contribution is -2.35. The van der Waals surface area contributed by atoms with Gasteiger partial charge < -0.3 is 14.2 Å². The van der Waals surface area contributed by atoms with Crippen LogP contribution in [0.25, 0.3) is 6.08 Å². The highest BCUT2D eigenvalue weighted by molar-refractivity contribution is 14.1. The fourth-order valence-corrected chi connectivity index (χ4v) is 4.16. The van der Waals surface area contributed by atoms with Crippen molar-refractivity contribution in [3.05, 3.63) is 26.2 Å². The average Bonchev–Trinajstić information content (AvgIpc) is 2.94. The molecular weight excluding hydrogens is 521 g/mol. The number of hydrogen-bond donors (Lipinski definition) is 0. The minimum atomic E-state index is -0.599. The van der Waals surface area contributed by atoms with E-state index < -0.39 is 23.7 Å². The molecule has 0 unspecified atom stereocenters. The molecule has 1 heterocycles. The second-order valence-electron chi connectivity index (χ2n) is 6.59. The molecule has 1 aromatic carbocycles. The van der Waals surface area contributed by atoms with Crippen LogP contribution < -0.4 is 9.47 Å². The molecule has 0 N–H and O–H groups in total. The van der Waals surface area contributed by atoms with E-state index in [9.17, 15) is 14.4 Å². The largest absolute Gasteiger partial charge is 0.490 e. The molecule has 0 bridgehead atoms. The molecule has 30 heavy (non-hydrogen) atoms. The van der Waals surface area contributed by atoms with Crippen LogP contribution in [0.3, 0.4) is 0 Å². The molecule has 9 heteroatoms. The lowest BCUT2D eigenvalue weighted by atomic mass is 10.2. The average molecular weight is 547 g/mol. The number of ether oxygens (including phenoxy) is 3. The zero-order chi connectivity index (χ0) is 22.3. The van der Waals surface area contributed by atoms with Crippen LogP contribution in [0.15, 0.2) is 17.0 Å². The number of amides is 2. The van der Waals surface area contributed by atoms with Gasteiger partial charge in [0, 0.05) is 0 Å². The molecular formula is C21H26INO6S. The number of rotatable bonds is 10. The summed E-state index contributed by atoms with van der Waals surface area (Å²) in [5.74, 6) is 0.140. The summed E-state index contributed by atoms with van der Waals surface area (Å²) < 4.78 is 17.5. The van der Waals surface area contributed by atoms with E-state index in [0.29, 0.717) is 36.7 Å². The summed E-state index contributed by atoms with van der Waals surface area (Å²) in [5.41, 5.74) is 0.708. The van der Waals surface area contributed by atoms with E-state index in [0.717, 1.165) is 26.7 Å². The van der Waals surface area contributed by atoms with Crippen molar-refractivity contribution >= 4 is 57.5 Å². The Morgan fingerprint density at radius 2 is 1.97 bits per heavy atom. The number of halogens is 1. The molecule has 0 saturated carbocycles. The molecule has 2 amide bonds. The van der Waals surface area contributed by atoms with Gasteiger partial charge in [0.05, 0.1) is 27.8 Å². The van der Waals surface area contributed by atoms with Crippen molar-refractivity contribution in [1.29, 1.82) is 0 Å². The van der Waals surface area contributed by atoms with Crippen LogP contribution in [-0.4, -0.2) is 47.9 Å². The van der Waals surface area contributed by atoms with Gasteiger partial charge in [0.25, 0.3) is 11.1 Å². The summed E-state index contributed by atoms with van der Waals surface area (Å²) in [6, 6.07) is 3.64. The molecule has 7 nitrogen and oxygen atoms in total. The quantitative estimate of drug-likeness (QED) is 0.235. The number of hydrogen-bond acceptors (Lipinski definition) is 7. The molecule has 0 spiro atoms. The van der Waals surface area contributed by atoms with Crippen molar-refractivity contribution in [2.24, 2.45) is 0 Å². The normalized spacial score (nSPS) is 16.2.